The first-order valence-corrected chi connectivity index (χ1v) is 6.69. The van der Waals surface area contributed by atoms with Crippen molar-refractivity contribution in [1.29, 1.82) is 0 Å². The normalized spacial score (nSPS) is 11.0. The van der Waals surface area contributed by atoms with Gasteiger partial charge in [0.25, 0.3) is 10.0 Å². The Bertz CT molecular complexity index is 566. The molecule has 0 radical (unpaired) electrons. The van der Waals surface area contributed by atoms with E-state index in [0.717, 1.165) is 18.3 Å². The van der Waals surface area contributed by atoms with E-state index in [1.165, 1.54) is 0 Å². The van der Waals surface area contributed by atoms with Gasteiger partial charge in [0.2, 0.25) is 0 Å². The van der Waals surface area contributed by atoms with Crippen molar-refractivity contribution >= 4 is 22.0 Å². The van der Waals surface area contributed by atoms with Gasteiger partial charge in [-0.25, -0.2) is 18.2 Å². The fraction of sp³-hybridized carbons (Fsp3) is 0.300. The highest BCUT2D eigenvalue weighted by molar-refractivity contribution is 7.89. The zero-order valence-corrected chi connectivity index (χ0v) is 10.8. The second-order valence-corrected chi connectivity index (χ2v) is 5.03. The van der Waals surface area contributed by atoms with E-state index in [0.29, 0.717) is 0 Å². The van der Waals surface area contributed by atoms with E-state index in [9.17, 15) is 18.0 Å². The number of hydrogen-bond acceptors (Lipinski definition) is 6. The number of nitrogens with zero attached hydrogens (tertiary/aromatic N) is 1. The lowest BCUT2D eigenvalue weighted by atomic mass is 10.3. The Kier molecular flexibility index (Phi) is 4.95. The fourth-order valence-electron chi connectivity index (χ4n) is 1.11. The average Bonchev–Trinajstić information content (AvgIpc) is 2.37. The van der Waals surface area contributed by atoms with Crippen molar-refractivity contribution in [2.75, 3.05) is 13.2 Å². The molecule has 2 N–H and O–H groups in total. The van der Waals surface area contributed by atoms with E-state index < -0.39 is 28.5 Å². The van der Waals surface area contributed by atoms with Gasteiger partial charge in [-0.15, -0.1) is 0 Å². The van der Waals surface area contributed by atoms with E-state index in [4.69, 9.17) is 5.11 Å². The van der Waals surface area contributed by atoms with Crippen LogP contribution in [-0.4, -0.2) is 43.6 Å². The number of esters is 1. The standard InChI is InChI=1S/C10H12N2O6S/c1-2-18-9(13)6-12-19(16,17)8-4-3-7(5-11-8)10(14)15/h3-5,12H,2,6H2,1H3,(H,14,15). The molecule has 19 heavy (non-hydrogen) atoms. The quantitative estimate of drug-likeness (QED) is 0.684. The van der Waals surface area contributed by atoms with Gasteiger partial charge in [0.1, 0.15) is 6.54 Å². The molecule has 1 aromatic heterocycles. The maximum Gasteiger partial charge on any atom is 0.337 e. The molecule has 0 saturated carbocycles. The molecular weight excluding hydrogens is 276 g/mol. The van der Waals surface area contributed by atoms with Gasteiger partial charge in [0, 0.05) is 6.20 Å². The molecule has 0 amide bonds. The highest BCUT2D eigenvalue weighted by Crippen LogP contribution is 2.06. The summed E-state index contributed by atoms with van der Waals surface area (Å²) >= 11 is 0. The summed E-state index contributed by atoms with van der Waals surface area (Å²) in [7, 11) is -3.97. The van der Waals surface area contributed by atoms with Gasteiger partial charge in [-0.3, -0.25) is 4.79 Å². The van der Waals surface area contributed by atoms with Crippen molar-refractivity contribution in [2.24, 2.45) is 0 Å². The van der Waals surface area contributed by atoms with Crippen LogP contribution >= 0.6 is 0 Å². The molecule has 0 saturated heterocycles. The minimum Gasteiger partial charge on any atom is -0.478 e. The minimum absolute atomic E-state index is 0.135. The van der Waals surface area contributed by atoms with Gasteiger partial charge in [-0.1, -0.05) is 0 Å². The highest BCUT2D eigenvalue weighted by atomic mass is 32.2. The Balaban J connectivity index is 2.77. The van der Waals surface area contributed by atoms with Gasteiger partial charge in [0.05, 0.1) is 12.2 Å². The molecule has 1 rings (SSSR count). The molecule has 0 aliphatic rings. The van der Waals surface area contributed by atoms with Crippen LogP contribution in [0.1, 0.15) is 17.3 Å². The van der Waals surface area contributed by atoms with E-state index in [-0.39, 0.29) is 17.2 Å². The second-order valence-electron chi connectivity index (χ2n) is 3.32. The van der Waals surface area contributed by atoms with E-state index in [1.807, 2.05) is 4.72 Å². The molecule has 104 valence electrons. The smallest absolute Gasteiger partial charge is 0.337 e. The number of sulfonamides is 1. The van der Waals surface area contributed by atoms with Gasteiger partial charge >= 0.3 is 11.9 Å². The molecule has 0 unspecified atom stereocenters. The molecule has 0 spiro atoms. The minimum atomic E-state index is -3.97. The number of hydrogen-bond donors (Lipinski definition) is 2. The lowest BCUT2D eigenvalue weighted by molar-refractivity contribution is -0.141. The Labute approximate surface area is 109 Å². The van der Waals surface area contributed by atoms with Crippen LogP contribution in [0.3, 0.4) is 0 Å². The summed E-state index contributed by atoms with van der Waals surface area (Å²) in [6.45, 7) is 1.23. The molecule has 1 heterocycles. The maximum absolute atomic E-state index is 11.7. The number of carbonyl (C=O) groups is 2. The lowest BCUT2D eigenvalue weighted by Gasteiger charge is -2.05. The zero-order chi connectivity index (χ0) is 14.5. The number of carboxylic acids is 1. The second kappa shape index (κ2) is 6.25. The van der Waals surface area contributed by atoms with Crippen LogP contribution in [0.2, 0.25) is 0 Å². The maximum atomic E-state index is 11.7. The molecular formula is C10H12N2O6S. The topological polar surface area (TPSA) is 123 Å². The molecule has 1 aromatic rings. The number of ether oxygens (including phenoxy) is 1. The zero-order valence-electron chi connectivity index (χ0n) is 9.99. The number of aromatic nitrogens is 1. The van der Waals surface area contributed by atoms with Gasteiger partial charge in [0.15, 0.2) is 5.03 Å². The van der Waals surface area contributed by atoms with E-state index >= 15 is 0 Å². The van der Waals surface area contributed by atoms with Crippen molar-refractivity contribution in [3.63, 3.8) is 0 Å². The summed E-state index contributed by atoms with van der Waals surface area (Å²) in [5.74, 6) is -1.93. The van der Waals surface area contributed by atoms with Crippen molar-refractivity contribution in [3.8, 4) is 0 Å². The predicted octanol–water partition coefficient (Wildman–Crippen LogP) is -0.379. The first-order valence-electron chi connectivity index (χ1n) is 5.21. The Morgan fingerprint density at radius 2 is 2.11 bits per heavy atom. The molecule has 0 aromatic carbocycles. The average molecular weight is 288 g/mol. The summed E-state index contributed by atoms with van der Waals surface area (Å²) in [6, 6.07) is 2.14. The third-order valence-electron chi connectivity index (χ3n) is 1.97. The third-order valence-corrected chi connectivity index (χ3v) is 3.29. The van der Waals surface area contributed by atoms with E-state index in [2.05, 4.69) is 9.72 Å². The van der Waals surface area contributed by atoms with Crippen LogP contribution in [0.15, 0.2) is 23.4 Å². The van der Waals surface area contributed by atoms with Crippen LogP contribution in [-0.2, 0) is 19.6 Å². The van der Waals surface area contributed by atoms with E-state index in [1.54, 1.807) is 6.92 Å². The molecule has 0 fully saturated rings. The Morgan fingerprint density at radius 1 is 1.42 bits per heavy atom. The Hall–Kier alpha value is -2.00. The van der Waals surface area contributed by atoms with Crippen molar-refractivity contribution in [2.45, 2.75) is 11.9 Å². The number of nitrogens with one attached hydrogen (secondary N) is 1. The summed E-state index contributed by atoms with van der Waals surface area (Å²) in [4.78, 5) is 25.1. The summed E-state index contributed by atoms with van der Waals surface area (Å²) in [5, 5.41) is 8.27. The third kappa shape index (κ3) is 4.30. The first kappa shape index (κ1) is 15.1. The SMILES string of the molecule is CCOC(=O)CNS(=O)(=O)c1ccc(C(=O)O)cn1. The highest BCUT2D eigenvalue weighted by Gasteiger charge is 2.18. The van der Waals surface area contributed by atoms with Crippen molar-refractivity contribution < 1.29 is 27.9 Å². The largest absolute Gasteiger partial charge is 0.478 e. The van der Waals surface area contributed by atoms with Crippen molar-refractivity contribution in [1.82, 2.24) is 9.71 Å². The predicted molar refractivity (Wildman–Crippen MR) is 63.0 cm³/mol. The summed E-state index contributed by atoms with van der Waals surface area (Å²) in [6.07, 6.45) is 0.918. The van der Waals surface area contributed by atoms with Gasteiger partial charge < -0.3 is 9.84 Å². The molecule has 0 aliphatic heterocycles. The van der Waals surface area contributed by atoms with Gasteiger partial charge in [-0.05, 0) is 19.1 Å². The monoisotopic (exact) mass is 288 g/mol. The molecule has 0 aliphatic carbocycles. The van der Waals surface area contributed by atoms with Crippen LogP contribution in [0.4, 0.5) is 0 Å². The first-order chi connectivity index (χ1) is 8.86. The van der Waals surface area contributed by atoms with Gasteiger partial charge in [-0.2, -0.15) is 4.72 Å². The summed E-state index contributed by atoms with van der Waals surface area (Å²) in [5.41, 5.74) is -0.135. The summed E-state index contributed by atoms with van der Waals surface area (Å²) < 4.78 is 29.9. The van der Waals surface area contributed by atoms with Crippen LogP contribution < -0.4 is 4.72 Å². The van der Waals surface area contributed by atoms with Crippen LogP contribution in [0, 0.1) is 0 Å². The van der Waals surface area contributed by atoms with Crippen molar-refractivity contribution in [3.05, 3.63) is 23.9 Å². The number of rotatable bonds is 6. The lowest BCUT2D eigenvalue weighted by Crippen LogP contribution is -2.31. The van der Waals surface area contributed by atoms with Crippen LogP contribution in [0.5, 0.6) is 0 Å². The molecule has 9 heteroatoms. The molecule has 0 bridgehead atoms. The molecule has 0 atom stereocenters. The number of pyridine rings is 1. The fourth-order valence-corrected chi connectivity index (χ4v) is 2.00. The molecule has 8 nitrogen and oxygen atoms in total. The Morgan fingerprint density at radius 3 is 2.58 bits per heavy atom. The van der Waals surface area contributed by atoms with Crippen LogP contribution in [0.25, 0.3) is 0 Å². The number of carboxylic acid groups (broad SMARTS) is 1. The number of aromatic carboxylic acids is 1. The number of carbonyl (C=O) groups excluding carboxylic acids is 1.